The summed E-state index contributed by atoms with van der Waals surface area (Å²) in [6.45, 7) is 5.51. The summed E-state index contributed by atoms with van der Waals surface area (Å²) in [4.78, 5) is 2.40. The van der Waals surface area contributed by atoms with Crippen molar-refractivity contribution in [2.75, 3.05) is 20.6 Å². The molecular formula is C16H26N2. The van der Waals surface area contributed by atoms with Crippen LogP contribution in [0.3, 0.4) is 0 Å². The second-order valence-corrected chi connectivity index (χ2v) is 5.99. The lowest BCUT2D eigenvalue weighted by molar-refractivity contribution is 0.0576. The van der Waals surface area contributed by atoms with Gasteiger partial charge in [-0.15, -0.1) is 0 Å². The average molecular weight is 246 g/mol. The number of nitrogens with zero attached hydrogens (tertiary/aromatic N) is 1. The normalized spacial score (nSPS) is 19.6. The number of hydrogen-bond donors (Lipinski definition) is 1. The van der Waals surface area contributed by atoms with Crippen LogP contribution in [0.1, 0.15) is 43.4 Å². The number of aryl methyl sites for hydroxylation is 1. The van der Waals surface area contributed by atoms with E-state index in [1.807, 2.05) is 0 Å². The smallest absolute Gasteiger partial charge is 0.0328 e. The van der Waals surface area contributed by atoms with Gasteiger partial charge in [-0.1, -0.05) is 29.8 Å². The van der Waals surface area contributed by atoms with Crippen molar-refractivity contribution in [2.24, 2.45) is 0 Å². The van der Waals surface area contributed by atoms with Gasteiger partial charge in [-0.05, 0) is 52.8 Å². The van der Waals surface area contributed by atoms with E-state index in [0.29, 0.717) is 11.6 Å². The number of likely N-dealkylation sites (N-methyl/N-ethyl adjacent to an activating group) is 1. The molecule has 0 heterocycles. The molecule has 1 fully saturated rings. The molecule has 0 spiro atoms. The molecule has 2 heteroatoms. The van der Waals surface area contributed by atoms with E-state index in [1.165, 1.54) is 30.4 Å². The van der Waals surface area contributed by atoms with E-state index in [1.54, 1.807) is 0 Å². The molecule has 1 aromatic rings. The maximum absolute atomic E-state index is 3.71. The summed E-state index contributed by atoms with van der Waals surface area (Å²) in [5.41, 5.74) is 3.13. The molecule has 1 unspecified atom stereocenters. The van der Waals surface area contributed by atoms with E-state index in [4.69, 9.17) is 0 Å². The third-order valence-electron chi connectivity index (χ3n) is 4.51. The van der Waals surface area contributed by atoms with Gasteiger partial charge in [-0.2, -0.15) is 0 Å². The molecule has 18 heavy (non-hydrogen) atoms. The van der Waals surface area contributed by atoms with Crippen LogP contribution in [0.5, 0.6) is 0 Å². The van der Waals surface area contributed by atoms with Gasteiger partial charge < -0.3 is 10.2 Å². The van der Waals surface area contributed by atoms with Crippen LogP contribution in [0.2, 0.25) is 0 Å². The number of rotatable bonds is 5. The van der Waals surface area contributed by atoms with Crippen molar-refractivity contribution < 1.29 is 0 Å². The first-order valence-corrected chi connectivity index (χ1v) is 7.01. The Morgan fingerprint density at radius 3 is 2.56 bits per heavy atom. The quantitative estimate of drug-likeness (QED) is 0.858. The van der Waals surface area contributed by atoms with E-state index in [9.17, 15) is 0 Å². The van der Waals surface area contributed by atoms with Crippen molar-refractivity contribution in [3.05, 3.63) is 35.4 Å². The largest absolute Gasteiger partial charge is 0.308 e. The van der Waals surface area contributed by atoms with Crippen LogP contribution < -0.4 is 5.32 Å². The van der Waals surface area contributed by atoms with E-state index in [2.05, 4.69) is 62.4 Å². The minimum absolute atomic E-state index is 0.401. The number of hydrogen-bond acceptors (Lipinski definition) is 2. The summed E-state index contributed by atoms with van der Waals surface area (Å²) in [6.07, 6.45) is 4.03. The molecule has 0 aliphatic heterocycles. The van der Waals surface area contributed by atoms with Crippen molar-refractivity contribution in [3.8, 4) is 0 Å². The molecule has 1 N–H and O–H groups in total. The highest BCUT2D eigenvalue weighted by atomic mass is 15.2. The minimum atomic E-state index is 0.401. The predicted molar refractivity (Wildman–Crippen MR) is 77.9 cm³/mol. The molecule has 1 aromatic carbocycles. The first-order chi connectivity index (χ1) is 8.53. The zero-order chi connectivity index (χ0) is 13.2. The lowest BCUT2D eigenvalue weighted by Crippen LogP contribution is -2.56. The van der Waals surface area contributed by atoms with Crippen LogP contribution in [0.4, 0.5) is 0 Å². The molecule has 1 atom stereocenters. The summed E-state index contributed by atoms with van der Waals surface area (Å²) in [6, 6.07) is 9.23. The molecule has 100 valence electrons. The van der Waals surface area contributed by atoms with E-state index < -0.39 is 0 Å². The Kier molecular flexibility index (Phi) is 4.08. The highest BCUT2D eigenvalue weighted by Gasteiger charge is 2.38. The Labute approximate surface area is 111 Å². The topological polar surface area (TPSA) is 15.3 Å². The average Bonchev–Trinajstić information content (AvgIpc) is 2.26. The van der Waals surface area contributed by atoms with Crippen molar-refractivity contribution in [2.45, 2.75) is 44.7 Å². The van der Waals surface area contributed by atoms with Gasteiger partial charge in [0.25, 0.3) is 0 Å². The van der Waals surface area contributed by atoms with Crippen molar-refractivity contribution >= 4 is 0 Å². The fourth-order valence-corrected chi connectivity index (χ4v) is 2.77. The van der Waals surface area contributed by atoms with Gasteiger partial charge in [0.2, 0.25) is 0 Å². The van der Waals surface area contributed by atoms with Crippen molar-refractivity contribution in [1.82, 2.24) is 10.2 Å². The van der Waals surface area contributed by atoms with E-state index in [-0.39, 0.29) is 0 Å². The maximum Gasteiger partial charge on any atom is 0.0328 e. The fourth-order valence-electron chi connectivity index (χ4n) is 2.77. The summed E-state index contributed by atoms with van der Waals surface area (Å²) >= 11 is 0. The Balaban J connectivity index is 1.94. The molecule has 0 amide bonds. The molecule has 0 aromatic heterocycles. The first kappa shape index (κ1) is 13.6. The van der Waals surface area contributed by atoms with Crippen LogP contribution in [0.25, 0.3) is 0 Å². The minimum Gasteiger partial charge on any atom is -0.308 e. The summed E-state index contributed by atoms with van der Waals surface area (Å²) < 4.78 is 0. The number of nitrogens with one attached hydrogen (secondary N) is 1. The highest BCUT2D eigenvalue weighted by molar-refractivity contribution is 5.24. The summed E-state index contributed by atoms with van der Waals surface area (Å²) in [7, 11) is 4.41. The van der Waals surface area contributed by atoms with Gasteiger partial charge in [0, 0.05) is 18.1 Å². The monoisotopic (exact) mass is 246 g/mol. The molecular weight excluding hydrogens is 220 g/mol. The van der Waals surface area contributed by atoms with Gasteiger partial charge >= 0.3 is 0 Å². The van der Waals surface area contributed by atoms with Gasteiger partial charge in [0.05, 0.1) is 0 Å². The Morgan fingerprint density at radius 1 is 1.33 bits per heavy atom. The molecule has 2 rings (SSSR count). The van der Waals surface area contributed by atoms with Gasteiger partial charge in [0.1, 0.15) is 0 Å². The molecule has 1 saturated carbocycles. The second-order valence-electron chi connectivity index (χ2n) is 5.99. The Hall–Kier alpha value is -0.860. The van der Waals surface area contributed by atoms with Crippen LogP contribution >= 0.6 is 0 Å². The number of benzene rings is 1. The van der Waals surface area contributed by atoms with Crippen molar-refractivity contribution in [1.29, 1.82) is 0 Å². The lowest BCUT2D eigenvalue weighted by Gasteiger charge is -2.48. The van der Waals surface area contributed by atoms with Gasteiger partial charge in [-0.3, -0.25) is 0 Å². The molecule has 0 radical (unpaired) electrons. The third kappa shape index (κ3) is 2.76. The second kappa shape index (κ2) is 5.41. The van der Waals surface area contributed by atoms with E-state index in [0.717, 1.165) is 6.54 Å². The van der Waals surface area contributed by atoms with Crippen LogP contribution in [0.15, 0.2) is 24.3 Å². The zero-order valence-corrected chi connectivity index (χ0v) is 12.2. The fraction of sp³-hybridized carbons (Fsp3) is 0.625. The van der Waals surface area contributed by atoms with Crippen molar-refractivity contribution in [3.63, 3.8) is 0 Å². The first-order valence-electron chi connectivity index (χ1n) is 7.01. The van der Waals surface area contributed by atoms with Crippen LogP contribution in [-0.4, -0.2) is 31.1 Å². The SMILES string of the molecule is Cc1cccc(C(C)NCC2(N(C)C)CCC2)c1. The standard InChI is InChI=1S/C16H26N2/c1-13-7-5-8-15(11-13)14(2)17-12-16(18(3)4)9-6-10-16/h5,7-8,11,14,17H,6,9-10,12H2,1-4H3. The Morgan fingerprint density at radius 2 is 2.06 bits per heavy atom. The Bertz CT molecular complexity index is 394. The molecule has 1 aliphatic carbocycles. The van der Waals surface area contributed by atoms with E-state index >= 15 is 0 Å². The molecule has 0 saturated heterocycles. The highest BCUT2D eigenvalue weighted by Crippen LogP contribution is 2.35. The predicted octanol–water partition coefficient (Wildman–Crippen LogP) is 3.13. The zero-order valence-electron chi connectivity index (χ0n) is 12.2. The van der Waals surface area contributed by atoms with Crippen LogP contribution in [-0.2, 0) is 0 Å². The lowest BCUT2D eigenvalue weighted by atomic mass is 9.75. The third-order valence-corrected chi connectivity index (χ3v) is 4.51. The maximum atomic E-state index is 3.71. The molecule has 1 aliphatic rings. The summed E-state index contributed by atoms with van der Waals surface area (Å²) in [5.74, 6) is 0. The molecule has 2 nitrogen and oxygen atoms in total. The summed E-state index contributed by atoms with van der Waals surface area (Å²) in [5, 5.41) is 3.71. The molecule has 0 bridgehead atoms. The van der Waals surface area contributed by atoms with Gasteiger partial charge in [-0.25, -0.2) is 0 Å². The van der Waals surface area contributed by atoms with Gasteiger partial charge in [0.15, 0.2) is 0 Å². The van der Waals surface area contributed by atoms with Crippen LogP contribution in [0, 0.1) is 6.92 Å².